The van der Waals surface area contributed by atoms with Gasteiger partial charge < -0.3 is 15.2 Å². The molecule has 0 aliphatic carbocycles. The Hall–Kier alpha value is -3.06. The van der Waals surface area contributed by atoms with Gasteiger partial charge in [0.25, 0.3) is 0 Å². The van der Waals surface area contributed by atoms with Crippen molar-refractivity contribution in [2.24, 2.45) is 5.73 Å². The fourth-order valence-electron chi connectivity index (χ4n) is 3.48. The minimum absolute atomic E-state index is 0.433. The van der Waals surface area contributed by atoms with Crippen LogP contribution in [0.3, 0.4) is 0 Å². The second-order valence-electron chi connectivity index (χ2n) is 6.36. The molecule has 2 aromatic carbocycles. The first-order valence-electron chi connectivity index (χ1n) is 8.66. The van der Waals surface area contributed by atoms with Crippen molar-refractivity contribution in [3.05, 3.63) is 59.2 Å². The number of urea groups is 1. The van der Waals surface area contributed by atoms with Gasteiger partial charge in [-0.3, -0.25) is 15.0 Å². The van der Waals surface area contributed by atoms with Crippen LogP contribution >= 0.6 is 0 Å². The Kier molecular flexibility index (Phi) is 5.61. The van der Waals surface area contributed by atoms with Crippen LogP contribution in [0, 0.1) is 0 Å². The largest absolute Gasteiger partial charge is 0.493 e. The summed E-state index contributed by atoms with van der Waals surface area (Å²) < 4.78 is 10.8. The van der Waals surface area contributed by atoms with E-state index in [2.05, 4.69) is 5.32 Å². The fraction of sp³-hybridized carbons (Fsp3) is 0.300. The van der Waals surface area contributed by atoms with E-state index >= 15 is 0 Å². The normalized spacial score (nSPS) is 14.7. The van der Waals surface area contributed by atoms with Crippen LogP contribution in [-0.4, -0.2) is 37.6 Å². The van der Waals surface area contributed by atoms with Gasteiger partial charge in [-0.1, -0.05) is 30.3 Å². The van der Waals surface area contributed by atoms with Crippen LogP contribution < -0.4 is 20.5 Å². The molecule has 3 N–H and O–H groups in total. The summed E-state index contributed by atoms with van der Waals surface area (Å²) in [5.41, 5.74) is 8.19. The summed E-state index contributed by atoms with van der Waals surface area (Å²) in [6.07, 6.45) is 0.753. The summed E-state index contributed by atoms with van der Waals surface area (Å²) in [6.45, 7) is 1.20. The average molecular weight is 369 g/mol. The number of hydrogen-bond donors (Lipinski definition) is 2. The Morgan fingerprint density at radius 1 is 1.07 bits per heavy atom. The van der Waals surface area contributed by atoms with Crippen LogP contribution in [0.1, 0.15) is 22.7 Å². The standard InChI is InChI=1S/C20H23N3O4/c1-26-16-10-14-8-9-23(12-15(14)11-17(16)27-2)18(19(24)22-20(21)25)13-6-4-3-5-7-13/h3-7,10-11,18H,8-9,12H2,1-2H3,(H3,21,22,24,25)/t18-/m0/s1. The highest BCUT2D eigenvalue weighted by molar-refractivity contribution is 5.96. The molecule has 0 saturated heterocycles. The number of ether oxygens (including phenoxy) is 2. The molecule has 2 aromatic rings. The van der Waals surface area contributed by atoms with E-state index in [0.29, 0.717) is 24.6 Å². The topological polar surface area (TPSA) is 93.9 Å². The van der Waals surface area contributed by atoms with Crippen molar-refractivity contribution >= 4 is 11.9 Å². The van der Waals surface area contributed by atoms with Crippen molar-refractivity contribution in [2.75, 3.05) is 20.8 Å². The number of nitrogens with zero attached hydrogens (tertiary/aromatic N) is 1. The van der Waals surface area contributed by atoms with E-state index < -0.39 is 18.0 Å². The lowest BCUT2D eigenvalue weighted by molar-refractivity contribution is -0.126. The molecule has 7 nitrogen and oxygen atoms in total. The highest BCUT2D eigenvalue weighted by Gasteiger charge is 2.31. The third-order valence-corrected chi connectivity index (χ3v) is 4.72. The molecule has 3 rings (SSSR count). The maximum Gasteiger partial charge on any atom is 0.318 e. The number of imide groups is 1. The maximum absolute atomic E-state index is 12.7. The first-order valence-corrected chi connectivity index (χ1v) is 8.66. The molecule has 1 aliphatic heterocycles. The highest BCUT2D eigenvalue weighted by Crippen LogP contribution is 2.35. The lowest BCUT2D eigenvalue weighted by Crippen LogP contribution is -2.46. The second kappa shape index (κ2) is 8.09. The van der Waals surface area contributed by atoms with Crippen LogP contribution in [0.5, 0.6) is 11.5 Å². The SMILES string of the molecule is COc1cc2c(cc1OC)CN([C@H](C(=O)NC(N)=O)c1ccccc1)CC2. The van der Waals surface area contributed by atoms with Crippen LogP contribution in [0.25, 0.3) is 0 Å². The van der Waals surface area contributed by atoms with Gasteiger partial charge >= 0.3 is 6.03 Å². The van der Waals surface area contributed by atoms with E-state index in [4.69, 9.17) is 15.2 Å². The number of primary amides is 1. The molecule has 1 heterocycles. The number of benzene rings is 2. The maximum atomic E-state index is 12.7. The van der Waals surface area contributed by atoms with Crippen molar-refractivity contribution in [1.82, 2.24) is 10.2 Å². The predicted octanol–water partition coefficient (Wildman–Crippen LogP) is 2.00. The van der Waals surface area contributed by atoms with Crippen molar-refractivity contribution in [3.8, 4) is 11.5 Å². The first kappa shape index (κ1) is 18.7. The number of amides is 3. The Balaban J connectivity index is 1.93. The molecule has 0 saturated carbocycles. The molecule has 0 radical (unpaired) electrons. The Morgan fingerprint density at radius 2 is 1.70 bits per heavy atom. The molecule has 1 aliphatic rings. The number of carbonyl (C=O) groups is 2. The van der Waals surface area contributed by atoms with E-state index in [9.17, 15) is 9.59 Å². The van der Waals surface area contributed by atoms with E-state index in [0.717, 1.165) is 23.1 Å². The van der Waals surface area contributed by atoms with Gasteiger partial charge in [-0.15, -0.1) is 0 Å². The molecular weight excluding hydrogens is 346 g/mol. The van der Waals surface area contributed by atoms with Crippen LogP contribution in [0.2, 0.25) is 0 Å². The Bertz CT molecular complexity index is 839. The van der Waals surface area contributed by atoms with E-state index in [1.807, 2.05) is 47.4 Å². The lowest BCUT2D eigenvalue weighted by atomic mass is 9.95. The summed E-state index contributed by atoms with van der Waals surface area (Å²) in [5.74, 6) is 0.907. The van der Waals surface area contributed by atoms with Gasteiger partial charge in [-0.05, 0) is 35.2 Å². The number of nitrogens with two attached hydrogens (primary N) is 1. The molecule has 3 amide bonds. The monoisotopic (exact) mass is 369 g/mol. The molecule has 27 heavy (non-hydrogen) atoms. The van der Waals surface area contributed by atoms with Crippen LogP contribution in [0.15, 0.2) is 42.5 Å². The van der Waals surface area contributed by atoms with Crippen molar-refractivity contribution < 1.29 is 19.1 Å². The molecule has 0 unspecified atom stereocenters. The zero-order valence-corrected chi connectivity index (χ0v) is 15.4. The van der Waals surface area contributed by atoms with Gasteiger partial charge in [0.1, 0.15) is 6.04 Å². The van der Waals surface area contributed by atoms with E-state index in [1.165, 1.54) is 0 Å². The van der Waals surface area contributed by atoms with Gasteiger partial charge in [0, 0.05) is 13.1 Å². The molecule has 0 fully saturated rings. The first-order chi connectivity index (χ1) is 13.0. The van der Waals surface area contributed by atoms with Crippen LogP contribution in [-0.2, 0) is 17.8 Å². The summed E-state index contributed by atoms with van der Waals surface area (Å²) >= 11 is 0. The minimum Gasteiger partial charge on any atom is -0.493 e. The van der Waals surface area contributed by atoms with Crippen molar-refractivity contribution in [1.29, 1.82) is 0 Å². The predicted molar refractivity (Wildman–Crippen MR) is 101 cm³/mol. The Labute approximate surface area is 158 Å². The van der Waals surface area contributed by atoms with Gasteiger partial charge in [0.05, 0.1) is 14.2 Å². The molecule has 7 heteroatoms. The van der Waals surface area contributed by atoms with Crippen molar-refractivity contribution in [3.63, 3.8) is 0 Å². The number of fused-ring (bicyclic) bond motifs is 1. The number of rotatable bonds is 5. The number of methoxy groups -OCH3 is 2. The summed E-state index contributed by atoms with van der Waals surface area (Å²) in [7, 11) is 3.21. The quantitative estimate of drug-likeness (QED) is 0.841. The van der Waals surface area contributed by atoms with Gasteiger partial charge in [0.2, 0.25) is 5.91 Å². The molecular formula is C20H23N3O4. The molecule has 0 aromatic heterocycles. The number of nitrogens with one attached hydrogen (secondary N) is 1. The average Bonchev–Trinajstić information content (AvgIpc) is 2.67. The molecule has 0 bridgehead atoms. The molecule has 142 valence electrons. The smallest absolute Gasteiger partial charge is 0.318 e. The van der Waals surface area contributed by atoms with E-state index in [-0.39, 0.29) is 0 Å². The third kappa shape index (κ3) is 4.03. The summed E-state index contributed by atoms with van der Waals surface area (Å²) in [6, 6.07) is 11.8. The highest BCUT2D eigenvalue weighted by atomic mass is 16.5. The summed E-state index contributed by atoms with van der Waals surface area (Å²) in [5, 5.41) is 2.22. The van der Waals surface area contributed by atoms with Crippen LogP contribution in [0.4, 0.5) is 4.79 Å². The summed E-state index contributed by atoms with van der Waals surface area (Å²) in [4.78, 5) is 25.9. The van der Waals surface area contributed by atoms with Gasteiger partial charge in [0.15, 0.2) is 11.5 Å². The lowest BCUT2D eigenvalue weighted by Gasteiger charge is -2.35. The Morgan fingerprint density at radius 3 is 2.30 bits per heavy atom. The third-order valence-electron chi connectivity index (χ3n) is 4.72. The minimum atomic E-state index is -0.857. The van der Waals surface area contributed by atoms with Crippen molar-refractivity contribution in [2.45, 2.75) is 19.0 Å². The number of hydrogen-bond acceptors (Lipinski definition) is 5. The molecule has 0 spiro atoms. The number of carbonyl (C=O) groups excluding carboxylic acids is 2. The second-order valence-corrected chi connectivity index (χ2v) is 6.36. The molecule has 1 atom stereocenters. The van der Waals surface area contributed by atoms with Gasteiger partial charge in [-0.2, -0.15) is 0 Å². The zero-order valence-electron chi connectivity index (χ0n) is 15.4. The van der Waals surface area contributed by atoms with E-state index in [1.54, 1.807) is 14.2 Å². The zero-order chi connectivity index (χ0) is 19.4. The van der Waals surface area contributed by atoms with Gasteiger partial charge in [-0.25, -0.2) is 4.79 Å². The fourth-order valence-corrected chi connectivity index (χ4v) is 3.48.